The Hall–Kier alpha value is -3.86. The molecule has 0 amide bonds. The van der Waals surface area contributed by atoms with E-state index in [9.17, 15) is 4.79 Å². The maximum absolute atomic E-state index is 13.5. The van der Waals surface area contributed by atoms with E-state index in [-0.39, 0.29) is 23.8 Å². The van der Waals surface area contributed by atoms with E-state index in [0.29, 0.717) is 62.2 Å². The second-order valence-electron chi connectivity index (χ2n) is 8.31. The fourth-order valence-corrected chi connectivity index (χ4v) is 4.12. The van der Waals surface area contributed by atoms with E-state index in [4.69, 9.17) is 24.4 Å². The molecule has 1 aliphatic heterocycles. The molecule has 4 rings (SSSR count). The van der Waals surface area contributed by atoms with Gasteiger partial charge < -0.3 is 23.8 Å². The lowest BCUT2D eigenvalue weighted by Gasteiger charge is -2.31. The van der Waals surface area contributed by atoms with E-state index in [1.165, 1.54) is 9.20 Å². The van der Waals surface area contributed by atoms with Crippen LogP contribution in [0.4, 0.5) is 5.69 Å². The zero-order valence-corrected chi connectivity index (χ0v) is 21.2. The van der Waals surface area contributed by atoms with Crippen molar-refractivity contribution in [2.45, 2.75) is 27.3 Å². The molecule has 1 aliphatic rings. The predicted octanol–water partition coefficient (Wildman–Crippen LogP) is 2.57. The highest BCUT2D eigenvalue weighted by molar-refractivity contribution is 5.99. The summed E-state index contributed by atoms with van der Waals surface area (Å²) >= 11 is 0. The van der Waals surface area contributed by atoms with Crippen molar-refractivity contribution in [1.29, 1.82) is 5.41 Å². The second-order valence-corrected chi connectivity index (χ2v) is 8.31. The summed E-state index contributed by atoms with van der Waals surface area (Å²) in [5.41, 5.74) is 3.18. The third-order valence-electron chi connectivity index (χ3n) is 5.83. The maximum atomic E-state index is 13.5. The molecule has 11 nitrogen and oxygen atoms in total. The number of methoxy groups -OCH3 is 1. The number of ketones is 1. The van der Waals surface area contributed by atoms with Gasteiger partial charge in [0.2, 0.25) is 5.62 Å². The van der Waals surface area contributed by atoms with Crippen LogP contribution in [-0.2, 0) is 11.3 Å². The van der Waals surface area contributed by atoms with Crippen LogP contribution in [0.2, 0.25) is 0 Å². The molecule has 0 spiro atoms. The van der Waals surface area contributed by atoms with E-state index < -0.39 is 0 Å². The van der Waals surface area contributed by atoms with Crippen LogP contribution in [0.25, 0.3) is 11.2 Å². The lowest BCUT2D eigenvalue weighted by molar-refractivity contribution is 0.0965. The van der Waals surface area contributed by atoms with Crippen LogP contribution in [0.3, 0.4) is 0 Å². The van der Waals surface area contributed by atoms with Crippen molar-refractivity contribution in [3.8, 4) is 17.4 Å². The number of nitrogens with one attached hydrogen (secondary N) is 1. The Morgan fingerprint density at radius 1 is 1.14 bits per heavy atom. The third kappa shape index (κ3) is 4.92. The summed E-state index contributed by atoms with van der Waals surface area (Å²) in [6.45, 7) is 12.9. The SMILES string of the molecule is C=C(C)c1cc(C(=O)Cn2nc3cc(OCC)c(OCC)nn3c2=N)cc(N2CCOCC2)c1OC. The lowest BCUT2D eigenvalue weighted by Crippen LogP contribution is -2.36. The van der Waals surface area contributed by atoms with Gasteiger partial charge in [0, 0.05) is 30.3 Å². The fraction of sp³-hybridized carbons (Fsp3) is 0.440. The number of rotatable bonds is 10. The number of ether oxygens (including phenoxy) is 4. The Morgan fingerprint density at radius 2 is 1.86 bits per heavy atom. The van der Waals surface area contributed by atoms with Gasteiger partial charge in [-0.2, -0.15) is 4.52 Å². The molecule has 3 aromatic rings. The number of anilines is 1. The average molecular weight is 497 g/mol. The van der Waals surface area contributed by atoms with Gasteiger partial charge in [0.25, 0.3) is 5.88 Å². The van der Waals surface area contributed by atoms with Crippen molar-refractivity contribution in [3.63, 3.8) is 0 Å². The highest BCUT2D eigenvalue weighted by Gasteiger charge is 2.23. The summed E-state index contributed by atoms with van der Waals surface area (Å²) in [6.07, 6.45) is 0. The van der Waals surface area contributed by atoms with E-state index in [1.54, 1.807) is 19.2 Å². The molecule has 1 fully saturated rings. The molecule has 0 atom stereocenters. The van der Waals surface area contributed by atoms with Gasteiger partial charge in [0.15, 0.2) is 17.2 Å². The van der Waals surface area contributed by atoms with Gasteiger partial charge in [-0.1, -0.05) is 6.58 Å². The van der Waals surface area contributed by atoms with Crippen molar-refractivity contribution < 1.29 is 23.7 Å². The van der Waals surface area contributed by atoms with Gasteiger partial charge in [-0.05, 0) is 38.5 Å². The van der Waals surface area contributed by atoms with Crippen molar-refractivity contribution in [3.05, 3.63) is 41.5 Å². The first-order chi connectivity index (χ1) is 17.4. The zero-order chi connectivity index (χ0) is 25.8. The van der Waals surface area contributed by atoms with Gasteiger partial charge in [0.05, 0.1) is 39.2 Å². The van der Waals surface area contributed by atoms with Crippen molar-refractivity contribution in [2.24, 2.45) is 0 Å². The Balaban J connectivity index is 1.72. The molecule has 11 heteroatoms. The molecular weight excluding hydrogens is 464 g/mol. The van der Waals surface area contributed by atoms with Crippen LogP contribution in [0.15, 0.2) is 24.8 Å². The Morgan fingerprint density at radius 3 is 2.50 bits per heavy atom. The molecule has 1 saturated heterocycles. The van der Waals surface area contributed by atoms with Gasteiger partial charge in [-0.3, -0.25) is 10.2 Å². The van der Waals surface area contributed by atoms with Gasteiger partial charge in [0.1, 0.15) is 12.3 Å². The van der Waals surface area contributed by atoms with Gasteiger partial charge >= 0.3 is 0 Å². The number of nitrogens with zero attached hydrogens (tertiary/aromatic N) is 5. The van der Waals surface area contributed by atoms with Crippen molar-refractivity contribution in [2.75, 3.05) is 51.5 Å². The molecule has 0 saturated carbocycles. The number of hydrogen-bond acceptors (Lipinski definition) is 9. The summed E-state index contributed by atoms with van der Waals surface area (Å²) in [5.74, 6) is 1.18. The summed E-state index contributed by atoms with van der Waals surface area (Å²) in [5, 5.41) is 17.3. The van der Waals surface area contributed by atoms with Crippen LogP contribution in [0, 0.1) is 5.41 Å². The second kappa shape index (κ2) is 10.8. The molecule has 2 aromatic heterocycles. The van der Waals surface area contributed by atoms with E-state index in [2.05, 4.69) is 21.7 Å². The Bertz CT molecular complexity index is 1340. The number of fused-ring (bicyclic) bond motifs is 1. The minimum absolute atomic E-state index is 0.0515. The molecule has 0 aliphatic carbocycles. The molecule has 0 radical (unpaired) electrons. The number of carbonyl (C=O) groups excluding carboxylic acids is 1. The van der Waals surface area contributed by atoms with Crippen LogP contribution in [0.5, 0.6) is 17.4 Å². The van der Waals surface area contributed by atoms with Crippen LogP contribution in [-0.4, -0.2) is 71.8 Å². The summed E-state index contributed by atoms with van der Waals surface area (Å²) in [4.78, 5) is 15.6. The summed E-state index contributed by atoms with van der Waals surface area (Å²) in [6, 6.07) is 5.27. The monoisotopic (exact) mass is 496 g/mol. The first-order valence-corrected chi connectivity index (χ1v) is 11.9. The quantitative estimate of drug-likeness (QED) is 0.426. The highest BCUT2D eigenvalue weighted by atomic mass is 16.5. The molecule has 1 aromatic carbocycles. The highest BCUT2D eigenvalue weighted by Crippen LogP contribution is 2.37. The minimum atomic E-state index is -0.202. The average Bonchev–Trinajstić information content (AvgIpc) is 3.17. The fourth-order valence-electron chi connectivity index (χ4n) is 4.12. The van der Waals surface area contributed by atoms with E-state index in [0.717, 1.165) is 16.8 Å². The van der Waals surface area contributed by atoms with Crippen molar-refractivity contribution >= 4 is 22.7 Å². The Labute approximate surface area is 209 Å². The topological polar surface area (TPSA) is 116 Å². The van der Waals surface area contributed by atoms with Gasteiger partial charge in [-0.15, -0.1) is 10.2 Å². The first-order valence-electron chi connectivity index (χ1n) is 11.9. The van der Waals surface area contributed by atoms with Crippen LogP contribution < -0.4 is 24.7 Å². The first kappa shape index (κ1) is 25.2. The number of aromatic nitrogens is 4. The molecule has 192 valence electrons. The number of carbonyl (C=O) groups is 1. The normalized spacial score (nSPS) is 13.6. The molecule has 0 unspecified atom stereocenters. The molecule has 36 heavy (non-hydrogen) atoms. The van der Waals surface area contributed by atoms with E-state index in [1.807, 2.05) is 26.8 Å². The molecule has 0 bridgehead atoms. The van der Waals surface area contributed by atoms with E-state index >= 15 is 0 Å². The number of hydrogen-bond donors (Lipinski definition) is 1. The summed E-state index contributed by atoms with van der Waals surface area (Å²) < 4.78 is 25.0. The number of Topliss-reactive ketones (excluding diaryl/α,β-unsaturated/α-hetero) is 1. The smallest absolute Gasteiger partial charge is 0.274 e. The van der Waals surface area contributed by atoms with Crippen LogP contribution in [0.1, 0.15) is 36.7 Å². The largest absolute Gasteiger partial charge is 0.494 e. The zero-order valence-electron chi connectivity index (χ0n) is 21.2. The van der Waals surface area contributed by atoms with Gasteiger partial charge in [-0.25, -0.2) is 4.68 Å². The van der Waals surface area contributed by atoms with Crippen molar-refractivity contribution in [1.82, 2.24) is 19.4 Å². The van der Waals surface area contributed by atoms with Crippen LogP contribution >= 0.6 is 0 Å². The number of benzene rings is 1. The third-order valence-corrected chi connectivity index (χ3v) is 5.83. The standard InChI is InChI=1S/C25H32N6O5/c1-6-35-21-14-22-27-30(25(26)31(22)28-24(21)36-7-2)15-20(32)17-12-18(16(3)4)23(33-5)19(13-17)29-8-10-34-11-9-29/h12-14,26H,3,6-11,15H2,1-2,4-5H3. The Kier molecular flexibility index (Phi) is 7.58. The predicted molar refractivity (Wildman–Crippen MR) is 134 cm³/mol. The lowest BCUT2D eigenvalue weighted by atomic mass is 9.99. The molecule has 1 N–H and O–H groups in total. The summed E-state index contributed by atoms with van der Waals surface area (Å²) in [7, 11) is 1.62. The number of morpholine rings is 1. The molecular formula is C25H32N6O5. The number of allylic oxidation sites excluding steroid dienone is 1. The minimum Gasteiger partial charge on any atom is -0.494 e. The molecule has 3 heterocycles. The maximum Gasteiger partial charge on any atom is 0.274 e.